The molecule has 0 bridgehead atoms. The highest BCUT2D eigenvalue weighted by Gasteiger charge is 2.08. The van der Waals surface area contributed by atoms with E-state index in [2.05, 4.69) is 10.3 Å². The Bertz CT molecular complexity index is 584. The Morgan fingerprint density at radius 1 is 1.16 bits per heavy atom. The number of rotatable bonds is 3. The van der Waals surface area contributed by atoms with Crippen LogP contribution in [0.1, 0.15) is 0 Å². The number of nitrogens with zero attached hydrogens (tertiary/aromatic N) is 2. The number of carbonyl (C=O) groups is 1. The number of non-ortho nitro benzene ring substituents is 1. The molecule has 2 rings (SSSR count). The van der Waals surface area contributed by atoms with E-state index in [1.165, 1.54) is 36.7 Å². The number of nitro groups is 1. The van der Waals surface area contributed by atoms with Crippen molar-refractivity contribution in [1.29, 1.82) is 0 Å². The third-order valence-corrected chi connectivity index (χ3v) is 2.18. The van der Waals surface area contributed by atoms with Crippen molar-refractivity contribution in [3.63, 3.8) is 0 Å². The van der Waals surface area contributed by atoms with Crippen molar-refractivity contribution in [2.75, 3.05) is 5.32 Å². The number of carbonyl (C=O) groups excluding carboxylic acids is 1. The molecule has 0 saturated heterocycles. The van der Waals surface area contributed by atoms with Gasteiger partial charge in [-0.25, -0.2) is 4.79 Å². The normalized spacial score (nSPS) is 9.68. The molecule has 0 fully saturated rings. The Morgan fingerprint density at radius 3 is 2.37 bits per heavy atom. The van der Waals surface area contributed by atoms with E-state index in [-0.39, 0.29) is 11.4 Å². The van der Waals surface area contributed by atoms with Gasteiger partial charge < -0.3 is 4.74 Å². The Kier molecular flexibility index (Phi) is 3.67. The molecule has 2 aromatic rings. The number of nitro benzene ring substituents is 1. The van der Waals surface area contributed by atoms with Crippen LogP contribution in [0.4, 0.5) is 16.2 Å². The molecule has 0 radical (unpaired) electrons. The van der Waals surface area contributed by atoms with Gasteiger partial charge in [0.1, 0.15) is 5.75 Å². The molecule has 0 saturated carbocycles. The second-order valence-electron chi connectivity index (χ2n) is 3.50. The number of anilines is 1. The second kappa shape index (κ2) is 5.58. The molecule has 0 aliphatic carbocycles. The summed E-state index contributed by atoms with van der Waals surface area (Å²) < 4.78 is 4.96. The largest absolute Gasteiger partial charge is 0.417 e. The fraction of sp³-hybridized carbons (Fsp3) is 0. The van der Waals surface area contributed by atoms with Crippen molar-refractivity contribution < 1.29 is 14.5 Å². The summed E-state index contributed by atoms with van der Waals surface area (Å²) >= 11 is 0. The van der Waals surface area contributed by atoms with Gasteiger partial charge >= 0.3 is 6.09 Å². The maximum absolute atomic E-state index is 11.5. The van der Waals surface area contributed by atoms with Crippen molar-refractivity contribution in [2.24, 2.45) is 0 Å². The van der Waals surface area contributed by atoms with Gasteiger partial charge in [-0.05, 0) is 24.3 Å². The summed E-state index contributed by atoms with van der Waals surface area (Å²) in [4.78, 5) is 25.2. The van der Waals surface area contributed by atoms with Gasteiger partial charge in [-0.2, -0.15) is 0 Å². The number of ether oxygens (including phenoxy) is 1. The van der Waals surface area contributed by atoms with Crippen molar-refractivity contribution in [3.8, 4) is 5.75 Å². The molecule has 19 heavy (non-hydrogen) atoms. The van der Waals surface area contributed by atoms with Crippen LogP contribution in [-0.4, -0.2) is 16.0 Å². The lowest BCUT2D eigenvalue weighted by Crippen LogP contribution is -2.16. The van der Waals surface area contributed by atoms with Crippen LogP contribution in [0.3, 0.4) is 0 Å². The molecule has 1 N–H and O–H groups in total. The zero-order chi connectivity index (χ0) is 13.7. The molecular formula is C12H9N3O4. The molecule has 1 amide bonds. The molecular weight excluding hydrogens is 250 g/mol. The van der Waals surface area contributed by atoms with Crippen LogP contribution in [0.5, 0.6) is 5.75 Å². The summed E-state index contributed by atoms with van der Waals surface area (Å²) in [6, 6.07) is 8.44. The predicted molar refractivity (Wildman–Crippen MR) is 67.0 cm³/mol. The minimum absolute atomic E-state index is 0.0677. The van der Waals surface area contributed by atoms with Gasteiger partial charge in [0.2, 0.25) is 0 Å². The first-order valence-corrected chi connectivity index (χ1v) is 5.28. The quantitative estimate of drug-likeness (QED) is 0.675. The number of benzene rings is 1. The first-order chi connectivity index (χ1) is 9.15. The molecule has 7 nitrogen and oxygen atoms in total. The number of amides is 1. The van der Waals surface area contributed by atoms with E-state index < -0.39 is 11.0 Å². The maximum Gasteiger partial charge on any atom is 0.417 e. The summed E-state index contributed by atoms with van der Waals surface area (Å²) in [7, 11) is 0. The Morgan fingerprint density at radius 2 is 1.79 bits per heavy atom. The fourth-order valence-electron chi connectivity index (χ4n) is 1.32. The monoisotopic (exact) mass is 259 g/mol. The lowest BCUT2D eigenvalue weighted by Gasteiger charge is -2.05. The molecule has 7 heteroatoms. The Hall–Kier alpha value is -2.96. The zero-order valence-corrected chi connectivity index (χ0v) is 9.65. The van der Waals surface area contributed by atoms with Gasteiger partial charge in [0.05, 0.1) is 4.92 Å². The Labute approximate surface area is 108 Å². The van der Waals surface area contributed by atoms with Crippen LogP contribution in [-0.2, 0) is 0 Å². The average molecular weight is 259 g/mol. The van der Waals surface area contributed by atoms with Crippen LogP contribution >= 0.6 is 0 Å². The molecule has 1 aromatic heterocycles. The van der Waals surface area contributed by atoms with Gasteiger partial charge in [0, 0.05) is 30.2 Å². The van der Waals surface area contributed by atoms with E-state index in [0.29, 0.717) is 5.69 Å². The SMILES string of the molecule is O=C(Nc1ccncc1)Oc1ccc([N+](=O)[O-])cc1. The van der Waals surface area contributed by atoms with Crippen molar-refractivity contribution >= 4 is 17.5 Å². The highest BCUT2D eigenvalue weighted by molar-refractivity contribution is 5.86. The molecule has 96 valence electrons. The fourth-order valence-corrected chi connectivity index (χ4v) is 1.32. The lowest BCUT2D eigenvalue weighted by molar-refractivity contribution is -0.384. The number of hydrogen-bond donors (Lipinski definition) is 1. The average Bonchev–Trinajstić information content (AvgIpc) is 2.40. The van der Waals surface area contributed by atoms with Gasteiger partial charge in [0.25, 0.3) is 5.69 Å². The predicted octanol–water partition coefficient (Wildman–Crippen LogP) is 2.60. The minimum Gasteiger partial charge on any atom is -0.410 e. The van der Waals surface area contributed by atoms with Crippen LogP contribution in [0.15, 0.2) is 48.8 Å². The van der Waals surface area contributed by atoms with Crippen molar-refractivity contribution in [1.82, 2.24) is 4.98 Å². The van der Waals surface area contributed by atoms with Crippen LogP contribution in [0.2, 0.25) is 0 Å². The van der Waals surface area contributed by atoms with Crippen LogP contribution in [0, 0.1) is 10.1 Å². The zero-order valence-electron chi connectivity index (χ0n) is 9.65. The highest BCUT2D eigenvalue weighted by atomic mass is 16.6. The number of aromatic nitrogens is 1. The van der Waals surface area contributed by atoms with E-state index in [0.717, 1.165) is 0 Å². The third kappa shape index (κ3) is 3.50. The Balaban J connectivity index is 1.97. The summed E-state index contributed by atoms with van der Waals surface area (Å²) in [5, 5.41) is 12.9. The van der Waals surface area contributed by atoms with Crippen LogP contribution in [0.25, 0.3) is 0 Å². The summed E-state index contributed by atoms with van der Waals surface area (Å²) in [6.45, 7) is 0. The van der Waals surface area contributed by atoms with E-state index in [9.17, 15) is 14.9 Å². The smallest absolute Gasteiger partial charge is 0.410 e. The molecule has 1 heterocycles. The molecule has 0 spiro atoms. The highest BCUT2D eigenvalue weighted by Crippen LogP contribution is 2.17. The number of nitrogens with one attached hydrogen (secondary N) is 1. The lowest BCUT2D eigenvalue weighted by atomic mass is 10.3. The van der Waals surface area contributed by atoms with Crippen molar-refractivity contribution in [2.45, 2.75) is 0 Å². The van der Waals surface area contributed by atoms with Gasteiger partial charge in [-0.15, -0.1) is 0 Å². The topological polar surface area (TPSA) is 94.4 Å². The van der Waals surface area contributed by atoms with E-state index in [4.69, 9.17) is 4.74 Å². The van der Waals surface area contributed by atoms with E-state index in [1.54, 1.807) is 12.1 Å². The standard InChI is InChI=1S/C12H9N3O4/c16-12(14-9-5-7-13-8-6-9)19-11-3-1-10(2-4-11)15(17)18/h1-8H,(H,13,14,16). The second-order valence-corrected chi connectivity index (χ2v) is 3.50. The number of hydrogen-bond acceptors (Lipinski definition) is 5. The maximum atomic E-state index is 11.5. The van der Waals surface area contributed by atoms with Gasteiger partial charge in [0.15, 0.2) is 0 Å². The molecule has 1 aromatic carbocycles. The van der Waals surface area contributed by atoms with Crippen molar-refractivity contribution in [3.05, 3.63) is 58.9 Å². The number of pyridine rings is 1. The first-order valence-electron chi connectivity index (χ1n) is 5.28. The summed E-state index contributed by atoms with van der Waals surface area (Å²) in [6.07, 6.45) is 2.38. The van der Waals surface area contributed by atoms with Crippen LogP contribution < -0.4 is 10.1 Å². The first kappa shape index (κ1) is 12.5. The summed E-state index contributed by atoms with van der Waals surface area (Å²) in [5.41, 5.74) is 0.476. The molecule has 0 unspecified atom stereocenters. The summed E-state index contributed by atoms with van der Waals surface area (Å²) in [5.74, 6) is 0.220. The molecule has 0 aliphatic rings. The third-order valence-electron chi connectivity index (χ3n) is 2.18. The van der Waals surface area contributed by atoms with Gasteiger partial charge in [-0.3, -0.25) is 20.4 Å². The molecule has 0 atom stereocenters. The van der Waals surface area contributed by atoms with E-state index in [1.807, 2.05) is 0 Å². The van der Waals surface area contributed by atoms with E-state index >= 15 is 0 Å². The molecule has 0 aliphatic heterocycles. The minimum atomic E-state index is -0.681. The van der Waals surface area contributed by atoms with Gasteiger partial charge in [-0.1, -0.05) is 0 Å².